The molecule has 3 atom stereocenters. The fraction of sp³-hybridized carbons (Fsp3) is 0.909. The molecule has 0 heterocycles. The monoisotopic (exact) mass is 250 g/mol. The van der Waals surface area contributed by atoms with Gasteiger partial charge in [-0.05, 0) is 26.2 Å². The van der Waals surface area contributed by atoms with E-state index in [-0.39, 0.29) is 5.97 Å². The normalized spacial score (nSPS) is 15.6. The fourth-order valence-electron chi connectivity index (χ4n) is 1.56. The second-order valence-electron chi connectivity index (χ2n) is 4.04. The topological polar surface area (TPSA) is 52.6 Å². The first-order valence-corrected chi connectivity index (χ1v) is 6.94. The highest BCUT2D eigenvalue weighted by Crippen LogP contribution is 2.26. The van der Waals surface area contributed by atoms with Crippen molar-refractivity contribution in [2.24, 2.45) is 11.8 Å². The summed E-state index contributed by atoms with van der Waals surface area (Å²) < 4.78 is 21.4. The minimum absolute atomic E-state index is 0.294. The molecule has 0 N–H and O–H groups in total. The van der Waals surface area contributed by atoms with E-state index in [1.807, 2.05) is 20.8 Å². The molecule has 0 rings (SSSR count). The van der Waals surface area contributed by atoms with Crippen molar-refractivity contribution in [1.82, 2.24) is 0 Å². The van der Waals surface area contributed by atoms with E-state index >= 15 is 0 Å². The summed E-state index contributed by atoms with van der Waals surface area (Å²) in [6.07, 6.45) is 0.652. The second-order valence-corrected chi connectivity index (χ2v) is 4.97. The van der Waals surface area contributed by atoms with Crippen LogP contribution in [0.1, 0.15) is 34.1 Å². The third-order valence-corrected chi connectivity index (χ3v) is 3.13. The van der Waals surface area contributed by atoms with Crippen LogP contribution in [-0.4, -0.2) is 25.0 Å². The maximum atomic E-state index is 11.7. The van der Waals surface area contributed by atoms with Crippen LogP contribution >= 0.6 is 8.46 Å². The van der Waals surface area contributed by atoms with Crippen LogP contribution in [0, 0.1) is 11.8 Å². The fourth-order valence-corrected chi connectivity index (χ4v) is 2.34. The third kappa shape index (κ3) is 5.66. The average molecular weight is 250 g/mol. The maximum absolute atomic E-state index is 11.7. The highest BCUT2D eigenvalue weighted by molar-refractivity contribution is 7.24. The van der Waals surface area contributed by atoms with E-state index in [1.165, 1.54) is 0 Å². The molecule has 0 bridgehead atoms. The van der Waals surface area contributed by atoms with Crippen LogP contribution in [0.2, 0.25) is 0 Å². The lowest BCUT2D eigenvalue weighted by atomic mass is 9.97. The number of carbonyl (C=O) groups is 1. The lowest BCUT2D eigenvalue weighted by molar-refractivity contribution is -0.152. The van der Waals surface area contributed by atoms with Gasteiger partial charge in [-0.2, -0.15) is 0 Å². The molecular formula is C11H23O4P. The van der Waals surface area contributed by atoms with Gasteiger partial charge in [0.25, 0.3) is 0 Å². The lowest BCUT2D eigenvalue weighted by Gasteiger charge is -2.22. The summed E-state index contributed by atoms with van der Waals surface area (Å²) in [7, 11) is -1.12. The standard InChI is InChI=1S/C11H23O4P/c1-5-14-10(12)9(7-8(3)4)11(16-13)15-6-2/h8-9,11H,5-7,16H2,1-4H3. The molecule has 0 aliphatic heterocycles. The van der Waals surface area contributed by atoms with Crippen LogP contribution in [0.4, 0.5) is 0 Å². The molecule has 0 saturated carbocycles. The molecule has 0 aliphatic carbocycles. The summed E-state index contributed by atoms with van der Waals surface area (Å²) in [6, 6.07) is 0. The van der Waals surface area contributed by atoms with Crippen molar-refractivity contribution in [2.75, 3.05) is 13.2 Å². The van der Waals surface area contributed by atoms with E-state index in [2.05, 4.69) is 0 Å². The van der Waals surface area contributed by atoms with Crippen LogP contribution in [-0.2, 0) is 18.8 Å². The summed E-state index contributed by atoms with van der Waals surface area (Å²) in [6.45, 7) is 8.46. The van der Waals surface area contributed by atoms with Crippen LogP contribution in [0.3, 0.4) is 0 Å². The molecule has 96 valence electrons. The van der Waals surface area contributed by atoms with Gasteiger partial charge in [-0.1, -0.05) is 13.8 Å². The Labute approximate surface area is 98.9 Å². The highest BCUT2D eigenvalue weighted by Gasteiger charge is 2.30. The molecule has 0 saturated heterocycles. The van der Waals surface area contributed by atoms with E-state index in [9.17, 15) is 9.36 Å². The van der Waals surface area contributed by atoms with Gasteiger partial charge in [-0.15, -0.1) is 0 Å². The average Bonchev–Trinajstić information content (AvgIpc) is 2.23. The number of hydrogen-bond donors (Lipinski definition) is 0. The Hall–Kier alpha value is -0.340. The predicted molar refractivity (Wildman–Crippen MR) is 65.4 cm³/mol. The smallest absolute Gasteiger partial charge is 0.312 e. The number of esters is 1. The molecule has 0 aliphatic rings. The Morgan fingerprint density at radius 3 is 2.25 bits per heavy atom. The zero-order valence-corrected chi connectivity index (χ0v) is 11.7. The van der Waals surface area contributed by atoms with Crippen molar-refractivity contribution >= 4 is 14.4 Å². The number of hydrogen-bond acceptors (Lipinski definition) is 4. The van der Waals surface area contributed by atoms with Crippen LogP contribution in [0.15, 0.2) is 0 Å². The molecule has 0 aromatic carbocycles. The van der Waals surface area contributed by atoms with Gasteiger partial charge in [0.2, 0.25) is 0 Å². The highest BCUT2D eigenvalue weighted by atomic mass is 31.1. The van der Waals surface area contributed by atoms with Gasteiger partial charge in [-0.3, -0.25) is 4.79 Å². The van der Waals surface area contributed by atoms with Crippen LogP contribution in [0.25, 0.3) is 0 Å². The van der Waals surface area contributed by atoms with Crippen molar-refractivity contribution in [3.8, 4) is 0 Å². The minimum Gasteiger partial charge on any atom is -0.466 e. The van der Waals surface area contributed by atoms with Crippen molar-refractivity contribution in [1.29, 1.82) is 0 Å². The van der Waals surface area contributed by atoms with Gasteiger partial charge in [0.15, 0.2) is 0 Å². The van der Waals surface area contributed by atoms with Crippen molar-refractivity contribution in [2.45, 2.75) is 40.0 Å². The van der Waals surface area contributed by atoms with Crippen molar-refractivity contribution in [3.63, 3.8) is 0 Å². The molecule has 3 unspecified atom stereocenters. The van der Waals surface area contributed by atoms with Gasteiger partial charge >= 0.3 is 5.97 Å². The van der Waals surface area contributed by atoms with Crippen LogP contribution in [0.5, 0.6) is 0 Å². The molecule has 0 radical (unpaired) electrons. The molecule has 0 aromatic heterocycles. The van der Waals surface area contributed by atoms with E-state index < -0.39 is 20.2 Å². The van der Waals surface area contributed by atoms with E-state index in [0.29, 0.717) is 25.6 Å². The Balaban J connectivity index is 4.60. The predicted octanol–water partition coefficient (Wildman–Crippen LogP) is 2.33. The number of ether oxygens (including phenoxy) is 2. The SMILES string of the molecule is CCOC(=O)C(CC(C)C)C(OCC)[PH2]=O. The summed E-state index contributed by atoms with van der Waals surface area (Å²) >= 11 is 0. The first-order valence-electron chi connectivity index (χ1n) is 5.80. The lowest BCUT2D eigenvalue weighted by Crippen LogP contribution is -2.30. The van der Waals surface area contributed by atoms with Crippen LogP contribution < -0.4 is 0 Å². The molecule has 0 spiro atoms. The van der Waals surface area contributed by atoms with Crippen molar-refractivity contribution in [3.05, 3.63) is 0 Å². The molecule has 4 nitrogen and oxygen atoms in total. The van der Waals surface area contributed by atoms with Crippen molar-refractivity contribution < 1.29 is 18.8 Å². The molecule has 16 heavy (non-hydrogen) atoms. The first kappa shape index (κ1) is 15.7. The molecular weight excluding hydrogens is 227 g/mol. The minimum atomic E-state index is -1.12. The van der Waals surface area contributed by atoms with Gasteiger partial charge in [0, 0.05) is 6.61 Å². The van der Waals surface area contributed by atoms with Gasteiger partial charge in [0.1, 0.15) is 5.85 Å². The summed E-state index contributed by atoms with van der Waals surface area (Å²) in [5.41, 5.74) is 0. The Kier molecular flexibility index (Phi) is 8.58. The van der Waals surface area contributed by atoms with Gasteiger partial charge in [-0.25, -0.2) is 0 Å². The Morgan fingerprint density at radius 1 is 1.25 bits per heavy atom. The summed E-state index contributed by atoms with van der Waals surface area (Å²) in [4.78, 5) is 11.7. The van der Waals surface area contributed by atoms with E-state index in [0.717, 1.165) is 0 Å². The zero-order chi connectivity index (χ0) is 12.6. The second kappa shape index (κ2) is 8.77. The van der Waals surface area contributed by atoms with Gasteiger partial charge < -0.3 is 14.0 Å². The quantitative estimate of drug-likeness (QED) is 0.490. The molecule has 0 fully saturated rings. The Bertz CT molecular complexity index is 218. The van der Waals surface area contributed by atoms with E-state index in [1.54, 1.807) is 6.92 Å². The van der Waals surface area contributed by atoms with Gasteiger partial charge in [0.05, 0.1) is 21.0 Å². The zero-order valence-electron chi connectivity index (χ0n) is 10.6. The maximum Gasteiger partial charge on any atom is 0.312 e. The summed E-state index contributed by atoms with van der Waals surface area (Å²) in [5, 5.41) is 0. The first-order chi connectivity index (χ1) is 7.56. The Morgan fingerprint density at radius 2 is 1.88 bits per heavy atom. The number of rotatable bonds is 8. The number of carbonyl (C=O) groups excluding carboxylic acids is 1. The molecule has 0 aromatic rings. The summed E-state index contributed by atoms with van der Waals surface area (Å²) in [5.74, 6) is -0.819. The molecule has 5 heteroatoms. The third-order valence-electron chi connectivity index (χ3n) is 2.20. The largest absolute Gasteiger partial charge is 0.466 e. The molecule has 0 amide bonds. The van der Waals surface area contributed by atoms with E-state index in [4.69, 9.17) is 9.47 Å².